The standard InChI is InChI=1S/C10H10N4O2S/c1-6-4-10-8-3-2-7(17(11,15)16)5-9(8)13-14(10)12-6/h2-5,13H,1H3,(H2,11,15,16). The minimum absolute atomic E-state index is 0.0891. The maximum absolute atomic E-state index is 11.2. The van der Waals surface area contributed by atoms with Gasteiger partial charge in [-0.15, -0.1) is 0 Å². The number of aromatic nitrogens is 3. The second-order valence-electron chi connectivity index (χ2n) is 3.95. The van der Waals surface area contributed by atoms with Crippen molar-refractivity contribution in [2.75, 3.05) is 0 Å². The number of benzene rings is 1. The van der Waals surface area contributed by atoms with Crippen LogP contribution in [0, 0.1) is 6.92 Å². The third-order valence-electron chi connectivity index (χ3n) is 2.65. The number of hydrogen-bond acceptors (Lipinski definition) is 3. The molecular formula is C10H10N4O2S. The zero-order valence-electron chi connectivity index (χ0n) is 9.01. The van der Waals surface area contributed by atoms with Crippen LogP contribution in [0.3, 0.4) is 0 Å². The molecule has 88 valence electrons. The van der Waals surface area contributed by atoms with Crippen molar-refractivity contribution in [3.05, 3.63) is 30.0 Å². The lowest BCUT2D eigenvalue weighted by atomic mass is 10.2. The Morgan fingerprint density at radius 3 is 2.82 bits per heavy atom. The monoisotopic (exact) mass is 250 g/mol. The minimum Gasteiger partial charge on any atom is -0.277 e. The molecule has 0 aliphatic carbocycles. The van der Waals surface area contributed by atoms with Crippen LogP contribution in [-0.2, 0) is 10.0 Å². The number of rotatable bonds is 1. The van der Waals surface area contributed by atoms with Crippen molar-refractivity contribution in [3.8, 4) is 0 Å². The van der Waals surface area contributed by atoms with E-state index < -0.39 is 10.0 Å². The van der Waals surface area contributed by atoms with Crippen molar-refractivity contribution >= 4 is 26.4 Å². The predicted molar refractivity (Wildman–Crippen MR) is 63.2 cm³/mol. The van der Waals surface area contributed by atoms with E-state index in [9.17, 15) is 8.42 Å². The number of aryl methyl sites for hydroxylation is 1. The van der Waals surface area contributed by atoms with Crippen LogP contribution in [0.1, 0.15) is 5.69 Å². The van der Waals surface area contributed by atoms with Crippen molar-refractivity contribution in [1.29, 1.82) is 0 Å². The molecule has 0 unspecified atom stereocenters. The topological polar surface area (TPSA) is 93.2 Å². The minimum atomic E-state index is -3.67. The van der Waals surface area contributed by atoms with Crippen LogP contribution in [0.25, 0.3) is 16.4 Å². The molecule has 0 aliphatic heterocycles. The third-order valence-corrected chi connectivity index (χ3v) is 3.56. The molecule has 0 saturated carbocycles. The van der Waals surface area contributed by atoms with Gasteiger partial charge in [-0.1, -0.05) is 0 Å². The molecule has 17 heavy (non-hydrogen) atoms. The molecule has 0 aliphatic rings. The van der Waals surface area contributed by atoms with Gasteiger partial charge >= 0.3 is 0 Å². The van der Waals surface area contributed by atoms with Gasteiger partial charge in [-0.05, 0) is 31.2 Å². The van der Waals surface area contributed by atoms with Crippen molar-refractivity contribution in [2.24, 2.45) is 5.14 Å². The van der Waals surface area contributed by atoms with Gasteiger partial charge in [0.15, 0.2) is 0 Å². The first-order chi connectivity index (χ1) is 7.95. The zero-order chi connectivity index (χ0) is 12.2. The Morgan fingerprint density at radius 1 is 1.35 bits per heavy atom. The molecule has 0 fully saturated rings. The average Bonchev–Trinajstić information content (AvgIpc) is 2.71. The summed E-state index contributed by atoms with van der Waals surface area (Å²) in [6, 6.07) is 6.65. The lowest BCUT2D eigenvalue weighted by Gasteiger charge is -1.96. The molecule has 2 heterocycles. The van der Waals surface area contributed by atoms with Gasteiger partial charge in [0, 0.05) is 5.39 Å². The highest BCUT2D eigenvalue weighted by Gasteiger charge is 2.12. The molecule has 0 atom stereocenters. The van der Waals surface area contributed by atoms with Crippen LogP contribution < -0.4 is 5.14 Å². The number of aromatic amines is 1. The summed E-state index contributed by atoms with van der Waals surface area (Å²) in [5.74, 6) is 0. The van der Waals surface area contributed by atoms with Gasteiger partial charge in [-0.25, -0.2) is 13.6 Å². The maximum Gasteiger partial charge on any atom is 0.238 e. The molecule has 0 radical (unpaired) electrons. The Kier molecular flexibility index (Phi) is 1.87. The van der Waals surface area contributed by atoms with Crippen molar-refractivity contribution in [2.45, 2.75) is 11.8 Å². The molecule has 0 spiro atoms. The summed E-state index contributed by atoms with van der Waals surface area (Å²) in [6.07, 6.45) is 0. The van der Waals surface area contributed by atoms with Crippen LogP contribution in [0.2, 0.25) is 0 Å². The highest BCUT2D eigenvalue weighted by Crippen LogP contribution is 2.22. The zero-order valence-corrected chi connectivity index (χ0v) is 9.82. The lowest BCUT2D eigenvalue weighted by molar-refractivity contribution is 0.598. The van der Waals surface area contributed by atoms with Gasteiger partial charge in [-0.2, -0.15) is 9.73 Å². The normalized spacial score (nSPS) is 12.6. The molecule has 2 aromatic heterocycles. The molecule has 6 nitrogen and oxygen atoms in total. The quantitative estimate of drug-likeness (QED) is 0.668. The summed E-state index contributed by atoms with van der Waals surface area (Å²) in [4.78, 5) is 0.0891. The van der Waals surface area contributed by atoms with Gasteiger partial charge in [0.25, 0.3) is 0 Å². The Labute approximate surface area is 97.1 Å². The first-order valence-electron chi connectivity index (χ1n) is 4.96. The molecule has 0 saturated heterocycles. The molecule has 7 heteroatoms. The number of nitrogens with zero attached hydrogens (tertiary/aromatic N) is 2. The van der Waals surface area contributed by atoms with Crippen LogP contribution in [0.4, 0.5) is 0 Å². The van der Waals surface area contributed by atoms with Gasteiger partial charge in [0.05, 0.1) is 21.6 Å². The third kappa shape index (κ3) is 1.51. The number of hydrogen-bond donors (Lipinski definition) is 2. The van der Waals surface area contributed by atoms with E-state index in [2.05, 4.69) is 10.2 Å². The molecule has 3 N–H and O–H groups in total. The van der Waals surface area contributed by atoms with Crippen molar-refractivity contribution < 1.29 is 8.42 Å². The number of fused-ring (bicyclic) bond motifs is 3. The summed E-state index contributed by atoms with van der Waals surface area (Å²) in [5.41, 5.74) is 2.51. The van der Waals surface area contributed by atoms with E-state index in [-0.39, 0.29) is 4.90 Å². The second kappa shape index (κ2) is 3.08. The Balaban J connectivity index is 2.38. The average molecular weight is 250 g/mol. The summed E-state index contributed by atoms with van der Waals surface area (Å²) < 4.78 is 24.1. The Morgan fingerprint density at radius 2 is 2.12 bits per heavy atom. The van der Waals surface area contributed by atoms with E-state index in [4.69, 9.17) is 5.14 Å². The first-order valence-corrected chi connectivity index (χ1v) is 6.51. The summed E-state index contributed by atoms with van der Waals surface area (Å²) in [5, 5.41) is 13.2. The molecular weight excluding hydrogens is 240 g/mol. The first kappa shape index (κ1) is 10.3. The van der Waals surface area contributed by atoms with E-state index in [0.29, 0.717) is 5.52 Å². The number of H-pyrrole nitrogens is 1. The molecule has 0 amide bonds. The maximum atomic E-state index is 11.2. The van der Waals surface area contributed by atoms with Crippen LogP contribution in [0.5, 0.6) is 0 Å². The number of nitrogens with one attached hydrogen (secondary N) is 1. The largest absolute Gasteiger partial charge is 0.277 e. The summed E-state index contributed by atoms with van der Waals surface area (Å²) in [7, 11) is -3.67. The van der Waals surface area contributed by atoms with Crippen LogP contribution in [-0.4, -0.2) is 23.2 Å². The van der Waals surface area contributed by atoms with Gasteiger partial charge < -0.3 is 0 Å². The van der Waals surface area contributed by atoms with E-state index in [0.717, 1.165) is 16.6 Å². The number of primary sulfonamides is 1. The summed E-state index contributed by atoms with van der Waals surface area (Å²) in [6.45, 7) is 1.89. The van der Waals surface area contributed by atoms with Crippen LogP contribution in [0.15, 0.2) is 29.2 Å². The molecule has 1 aromatic carbocycles. The smallest absolute Gasteiger partial charge is 0.238 e. The number of sulfonamides is 1. The predicted octanol–water partition coefficient (Wildman–Crippen LogP) is 0.771. The molecule has 3 rings (SSSR count). The highest BCUT2D eigenvalue weighted by atomic mass is 32.2. The van der Waals surface area contributed by atoms with Crippen molar-refractivity contribution in [3.63, 3.8) is 0 Å². The van der Waals surface area contributed by atoms with Gasteiger partial charge in [0.1, 0.15) is 0 Å². The fraction of sp³-hybridized carbons (Fsp3) is 0.100. The fourth-order valence-corrected chi connectivity index (χ4v) is 2.45. The molecule has 0 bridgehead atoms. The van der Waals surface area contributed by atoms with Crippen LogP contribution >= 0.6 is 0 Å². The number of nitrogens with two attached hydrogens (primary N) is 1. The lowest BCUT2D eigenvalue weighted by Crippen LogP contribution is -2.11. The molecule has 3 aromatic rings. The Hall–Kier alpha value is -1.86. The Bertz CT molecular complexity index is 829. The SMILES string of the molecule is Cc1cc2c3ccc(S(N)(=O)=O)cc3[nH]n2n1. The van der Waals surface area contributed by atoms with E-state index in [1.54, 1.807) is 10.7 Å². The summed E-state index contributed by atoms with van der Waals surface area (Å²) >= 11 is 0. The van der Waals surface area contributed by atoms with Crippen molar-refractivity contribution in [1.82, 2.24) is 14.8 Å². The van der Waals surface area contributed by atoms with Gasteiger partial charge in [0.2, 0.25) is 10.0 Å². The van der Waals surface area contributed by atoms with E-state index in [1.807, 2.05) is 13.0 Å². The highest BCUT2D eigenvalue weighted by molar-refractivity contribution is 7.89. The fourth-order valence-electron chi connectivity index (χ4n) is 1.91. The van der Waals surface area contributed by atoms with Gasteiger partial charge in [-0.3, -0.25) is 5.10 Å². The van der Waals surface area contributed by atoms with E-state index in [1.165, 1.54) is 12.1 Å². The van der Waals surface area contributed by atoms with E-state index >= 15 is 0 Å². The second-order valence-corrected chi connectivity index (χ2v) is 5.51.